The number of ether oxygens (including phenoxy) is 1. The lowest BCUT2D eigenvalue weighted by molar-refractivity contribution is 0.103. The van der Waals surface area contributed by atoms with Gasteiger partial charge in [-0.15, -0.1) is 0 Å². The fourth-order valence-electron chi connectivity index (χ4n) is 6.94. The Balaban J connectivity index is 0. The van der Waals surface area contributed by atoms with Gasteiger partial charge in [-0.25, -0.2) is 0 Å². The zero-order valence-electron chi connectivity index (χ0n) is 41.6. The van der Waals surface area contributed by atoms with Crippen LogP contribution in [0.1, 0.15) is 105 Å². The van der Waals surface area contributed by atoms with Crippen LogP contribution in [0, 0.1) is 55.4 Å². The lowest BCUT2D eigenvalue weighted by Gasteiger charge is -2.34. The van der Waals surface area contributed by atoms with E-state index in [1.54, 1.807) is 11.8 Å². The summed E-state index contributed by atoms with van der Waals surface area (Å²) in [6.07, 6.45) is 0. The molecule has 0 spiro atoms. The number of rotatable bonds is 10. The molecular formula is C67H92O3SSi2. The first kappa shape index (κ1) is 69.1. The van der Waals surface area contributed by atoms with Crippen LogP contribution in [-0.4, -0.2) is 22.4 Å². The maximum absolute atomic E-state index is 12.1. The topological polar surface area (TPSA) is 35.5 Å². The first-order valence-corrected chi connectivity index (χ1v) is 29.6. The van der Waals surface area contributed by atoms with Crippen molar-refractivity contribution >= 4 is 44.6 Å². The van der Waals surface area contributed by atoms with Gasteiger partial charge in [0.15, 0.2) is 5.78 Å². The fourth-order valence-corrected chi connectivity index (χ4v) is 15.7. The number of carbonyl (C=O) groups is 1. The van der Waals surface area contributed by atoms with Gasteiger partial charge in [0.1, 0.15) is 11.5 Å². The maximum Gasteiger partial charge on any atom is 0.206 e. The smallest absolute Gasteiger partial charge is 0.206 e. The molecule has 392 valence electrons. The first-order chi connectivity index (χ1) is 31.8. The Bertz CT molecular complexity index is 2450. The fraction of sp³-hybridized carbons (Fsp3) is 0.269. The number of aryl methyl sites for hydroxylation is 8. The minimum atomic E-state index is -1.87. The van der Waals surface area contributed by atoms with Crippen molar-refractivity contribution in [3.05, 3.63) is 250 Å². The SMILES string of the molecule is C.C.C.C.C.C.Cc1ccc(C(=O)c2ccc(C)cc2)cc1.Cc1ccc(Oc2ccc(C)cc2)cc1.Cc1ccc(Sc2ccc(C)cc2)cc1.Cc1ccc([Si](C)(C)O[Si](C)(C)c2ccc(C)cc2)cc1. The summed E-state index contributed by atoms with van der Waals surface area (Å²) in [7, 11) is -3.74. The van der Waals surface area contributed by atoms with Gasteiger partial charge in [-0.3, -0.25) is 4.79 Å². The maximum atomic E-state index is 12.1. The van der Waals surface area contributed by atoms with E-state index in [1.165, 1.54) is 64.7 Å². The molecule has 0 saturated heterocycles. The van der Waals surface area contributed by atoms with Crippen molar-refractivity contribution in [2.45, 2.75) is 136 Å². The normalized spacial score (nSPS) is 9.97. The Kier molecular flexibility index (Phi) is 31.1. The zero-order valence-corrected chi connectivity index (χ0v) is 44.4. The van der Waals surface area contributed by atoms with Crippen LogP contribution >= 0.6 is 11.8 Å². The monoisotopic (exact) mass is 1030 g/mol. The van der Waals surface area contributed by atoms with Crippen LogP contribution in [0.4, 0.5) is 0 Å². The second-order valence-corrected chi connectivity index (χ2v) is 27.5. The van der Waals surface area contributed by atoms with Crippen molar-refractivity contribution in [3.8, 4) is 11.5 Å². The highest BCUT2D eigenvalue weighted by atomic mass is 32.2. The van der Waals surface area contributed by atoms with Gasteiger partial charge >= 0.3 is 0 Å². The average Bonchev–Trinajstić information content (AvgIpc) is 3.30. The second kappa shape index (κ2) is 32.9. The molecule has 0 atom stereocenters. The summed E-state index contributed by atoms with van der Waals surface area (Å²) >= 11 is 1.80. The van der Waals surface area contributed by atoms with Gasteiger partial charge in [0, 0.05) is 20.9 Å². The minimum absolute atomic E-state index is 0. The molecule has 0 fully saturated rings. The summed E-state index contributed by atoms with van der Waals surface area (Å²) in [4.78, 5) is 14.7. The predicted octanol–water partition coefficient (Wildman–Crippen LogP) is 19.7. The Hall–Kier alpha value is -6.03. The highest BCUT2D eigenvalue weighted by molar-refractivity contribution is 7.99. The molecule has 0 aliphatic carbocycles. The summed E-state index contributed by atoms with van der Waals surface area (Å²) < 4.78 is 12.4. The molecule has 3 nitrogen and oxygen atoms in total. The molecule has 73 heavy (non-hydrogen) atoms. The van der Waals surface area contributed by atoms with Crippen LogP contribution in [0.15, 0.2) is 204 Å². The lowest BCUT2D eigenvalue weighted by Crippen LogP contribution is -2.57. The molecule has 8 rings (SSSR count). The van der Waals surface area contributed by atoms with Crippen molar-refractivity contribution < 1.29 is 13.6 Å². The Morgan fingerprint density at radius 1 is 0.315 bits per heavy atom. The van der Waals surface area contributed by atoms with Crippen molar-refractivity contribution in [3.63, 3.8) is 0 Å². The zero-order chi connectivity index (χ0) is 48.6. The molecular weight excluding hydrogens is 941 g/mol. The number of hydrogen-bond acceptors (Lipinski definition) is 4. The molecule has 0 amide bonds. The molecule has 0 unspecified atom stereocenters. The van der Waals surface area contributed by atoms with Gasteiger partial charge in [0.25, 0.3) is 0 Å². The Labute approximate surface area is 452 Å². The van der Waals surface area contributed by atoms with E-state index < -0.39 is 16.6 Å². The number of hydrogen-bond donors (Lipinski definition) is 0. The van der Waals surface area contributed by atoms with E-state index in [1.807, 2.05) is 111 Å². The summed E-state index contributed by atoms with van der Waals surface area (Å²) in [6, 6.07) is 66.4. The molecule has 6 heteroatoms. The Morgan fingerprint density at radius 2 is 0.521 bits per heavy atom. The van der Waals surface area contributed by atoms with Gasteiger partial charge in [-0.1, -0.05) is 246 Å². The van der Waals surface area contributed by atoms with Gasteiger partial charge in [0.05, 0.1) is 0 Å². The lowest BCUT2D eigenvalue weighted by atomic mass is 10.0. The van der Waals surface area contributed by atoms with Gasteiger partial charge < -0.3 is 8.85 Å². The highest BCUT2D eigenvalue weighted by Crippen LogP contribution is 2.28. The molecule has 0 aliphatic rings. The van der Waals surface area contributed by atoms with E-state index in [0.717, 1.165) is 22.6 Å². The van der Waals surface area contributed by atoms with E-state index in [2.05, 4.69) is 165 Å². The van der Waals surface area contributed by atoms with E-state index in [-0.39, 0.29) is 50.3 Å². The molecule has 8 aromatic rings. The van der Waals surface area contributed by atoms with Crippen molar-refractivity contribution in [2.24, 2.45) is 0 Å². The van der Waals surface area contributed by atoms with Gasteiger partial charge in [-0.05, 0) is 140 Å². The molecule has 8 aromatic carbocycles. The number of benzene rings is 8. The van der Waals surface area contributed by atoms with Crippen LogP contribution in [0.5, 0.6) is 11.5 Å². The first-order valence-electron chi connectivity index (χ1n) is 23.0. The molecule has 0 saturated carbocycles. The van der Waals surface area contributed by atoms with Crippen LogP contribution in [-0.2, 0) is 4.12 Å². The van der Waals surface area contributed by atoms with Crippen LogP contribution in [0.3, 0.4) is 0 Å². The molecule has 0 heterocycles. The molecule has 0 N–H and O–H groups in total. The number of carbonyl (C=O) groups excluding carboxylic acids is 1. The summed E-state index contributed by atoms with van der Waals surface area (Å²) in [6.45, 7) is 25.9. The van der Waals surface area contributed by atoms with E-state index in [0.29, 0.717) is 0 Å². The number of ketones is 1. The Morgan fingerprint density at radius 3 is 0.767 bits per heavy atom. The summed E-state index contributed by atoms with van der Waals surface area (Å²) in [5.41, 5.74) is 11.5. The van der Waals surface area contributed by atoms with Crippen molar-refractivity contribution in [1.82, 2.24) is 0 Å². The van der Waals surface area contributed by atoms with Crippen molar-refractivity contribution in [1.29, 1.82) is 0 Å². The highest BCUT2D eigenvalue weighted by Gasteiger charge is 2.35. The van der Waals surface area contributed by atoms with Gasteiger partial charge in [-0.2, -0.15) is 0 Å². The van der Waals surface area contributed by atoms with Gasteiger partial charge in [0.2, 0.25) is 16.6 Å². The van der Waals surface area contributed by atoms with E-state index in [4.69, 9.17) is 8.85 Å². The van der Waals surface area contributed by atoms with Crippen molar-refractivity contribution in [2.75, 3.05) is 0 Å². The summed E-state index contributed by atoms with van der Waals surface area (Å²) in [5, 5.41) is 2.75. The second-order valence-electron chi connectivity index (χ2n) is 18.4. The molecule has 0 aromatic heterocycles. The quantitative estimate of drug-likeness (QED) is 0.101. The standard InChI is InChI=1S/C18H26OSi2.C15H14O.C14H14O.C14H14S.6CH4/c1-15-7-11-17(12-8-15)20(3,4)19-21(5,6)18-13-9-16(2)10-14-18;1-11-3-7-13(8-4-11)15(16)14-9-5-12(2)6-10-14;2*1-11-3-7-13(8-4-11)15-14-9-5-12(2)6-10-14;;;;;;/h7-14H,1-6H3;3-10H,1-2H3;2*3-10H,1-2H3;6*1H4. The average molecular weight is 1030 g/mol. The minimum Gasteiger partial charge on any atom is -0.457 e. The van der Waals surface area contributed by atoms with E-state index >= 15 is 0 Å². The molecule has 0 radical (unpaired) electrons. The van der Waals surface area contributed by atoms with Crippen LogP contribution < -0.4 is 15.1 Å². The third kappa shape index (κ3) is 23.2. The van der Waals surface area contributed by atoms with Crippen LogP contribution in [0.2, 0.25) is 26.2 Å². The predicted molar refractivity (Wildman–Crippen MR) is 333 cm³/mol. The largest absolute Gasteiger partial charge is 0.457 e. The molecule has 0 aliphatic heterocycles. The van der Waals surface area contributed by atoms with Crippen LogP contribution in [0.25, 0.3) is 0 Å². The van der Waals surface area contributed by atoms with E-state index in [9.17, 15) is 4.79 Å². The third-order valence-electron chi connectivity index (χ3n) is 11.2. The third-order valence-corrected chi connectivity index (χ3v) is 19.7. The summed E-state index contributed by atoms with van der Waals surface area (Å²) in [5.74, 6) is 1.84. The molecule has 0 bridgehead atoms.